The topological polar surface area (TPSA) is 145 Å². The second-order valence-electron chi connectivity index (χ2n) is 9.70. The summed E-state index contributed by atoms with van der Waals surface area (Å²) in [7, 11) is 0. The van der Waals surface area contributed by atoms with Crippen LogP contribution in [0.4, 0.5) is 10.1 Å². The Morgan fingerprint density at radius 3 is 2.64 bits per heavy atom. The van der Waals surface area contributed by atoms with Crippen LogP contribution < -0.4 is 5.32 Å². The van der Waals surface area contributed by atoms with Crippen molar-refractivity contribution in [1.29, 1.82) is 0 Å². The third-order valence-corrected chi connectivity index (χ3v) is 6.75. The molecule has 4 N–H and O–H groups in total. The summed E-state index contributed by atoms with van der Waals surface area (Å²) in [5.74, 6) is -0.449. The molecular weight excluding hydrogens is 535 g/mol. The number of carbonyl (C=O) groups is 1. The minimum atomic E-state index is -0.577. The molecule has 5 aromatic heterocycles. The molecule has 0 spiro atoms. The fraction of sp³-hybridized carbons (Fsp3) is 0.0323. The van der Waals surface area contributed by atoms with E-state index >= 15 is 0 Å². The van der Waals surface area contributed by atoms with Gasteiger partial charge in [0.1, 0.15) is 22.8 Å². The molecule has 0 fully saturated rings. The number of amides is 1. The van der Waals surface area contributed by atoms with E-state index in [1.54, 1.807) is 30.9 Å². The van der Waals surface area contributed by atoms with Crippen molar-refractivity contribution in [3.63, 3.8) is 0 Å². The second-order valence-corrected chi connectivity index (χ2v) is 9.70. The predicted octanol–water partition coefficient (Wildman–Crippen LogP) is 5.65. The van der Waals surface area contributed by atoms with Crippen molar-refractivity contribution in [1.82, 2.24) is 35.1 Å². The first-order chi connectivity index (χ1) is 20.5. The number of imidazole rings is 1. The van der Waals surface area contributed by atoms with E-state index in [4.69, 9.17) is 4.98 Å². The lowest BCUT2D eigenvalue weighted by molar-refractivity contribution is -0.115. The molecule has 11 heteroatoms. The van der Waals surface area contributed by atoms with E-state index in [0.717, 1.165) is 17.0 Å². The van der Waals surface area contributed by atoms with Crippen LogP contribution in [0.1, 0.15) is 5.56 Å². The summed E-state index contributed by atoms with van der Waals surface area (Å²) in [6, 6.07) is 18.7. The van der Waals surface area contributed by atoms with Crippen molar-refractivity contribution in [3.05, 3.63) is 103 Å². The zero-order valence-electron chi connectivity index (χ0n) is 21.8. The Hall–Kier alpha value is -5.97. The Labute approximate surface area is 237 Å². The molecule has 0 unspecified atom stereocenters. The van der Waals surface area contributed by atoms with E-state index in [-0.39, 0.29) is 18.1 Å². The summed E-state index contributed by atoms with van der Waals surface area (Å²) in [5.41, 5.74) is 6.07. The van der Waals surface area contributed by atoms with Crippen LogP contribution in [0.5, 0.6) is 5.75 Å². The number of anilines is 1. The Kier molecular flexibility index (Phi) is 6.08. The van der Waals surface area contributed by atoms with Gasteiger partial charge in [0, 0.05) is 35.0 Å². The SMILES string of the molecule is O=C(Cc1ccccc1)Nc1cncc(-c2cc3c(-c4nc5c(-c6cc(O)cc(F)c6)nccc5[nH]4)n[nH]c3cn2)c1. The number of phenols is 1. The lowest BCUT2D eigenvalue weighted by atomic mass is 10.1. The first kappa shape index (κ1) is 25.0. The first-order valence-corrected chi connectivity index (χ1v) is 13.0. The maximum atomic E-state index is 14.0. The van der Waals surface area contributed by atoms with Crippen LogP contribution in [0.3, 0.4) is 0 Å². The van der Waals surface area contributed by atoms with Gasteiger partial charge in [0.2, 0.25) is 5.91 Å². The second kappa shape index (κ2) is 10.2. The molecule has 7 rings (SSSR count). The Balaban J connectivity index is 1.22. The van der Waals surface area contributed by atoms with Gasteiger partial charge in [0.05, 0.1) is 46.9 Å². The number of phenolic OH excluding ortho intramolecular Hbond substituents is 1. The molecule has 10 nitrogen and oxygen atoms in total. The number of aromatic amines is 2. The van der Waals surface area contributed by atoms with E-state index < -0.39 is 5.82 Å². The zero-order chi connectivity index (χ0) is 28.6. The van der Waals surface area contributed by atoms with Gasteiger partial charge >= 0.3 is 0 Å². The van der Waals surface area contributed by atoms with Gasteiger partial charge in [-0.2, -0.15) is 5.10 Å². The third kappa shape index (κ3) is 4.79. The fourth-order valence-corrected chi connectivity index (χ4v) is 4.86. The van der Waals surface area contributed by atoms with Gasteiger partial charge in [-0.05, 0) is 35.9 Å². The van der Waals surface area contributed by atoms with Crippen LogP contribution in [0.15, 0.2) is 91.5 Å². The smallest absolute Gasteiger partial charge is 0.228 e. The van der Waals surface area contributed by atoms with Crippen molar-refractivity contribution < 1.29 is 14.3 Å². The number of carbonyl (C=O) groups excluding carboxylic acids is 1. The highest BCUT2D eigenvalue weighted by atomic mass is 19.1. The number of nitrogens with zero attached hydrogens (tertiary/aromatic N) is 5. The largest absolute Gasteiger partial charge is 0.508 e. The molecule has 0 saturated carbocycles. The standard InChI is InChI=1S/C31H21FN8O2/c32-20-9-18(11-22(41)12-20)28-30-24(6-7-34-28)37-31(38-30)29-23-13-25(35-16-26(23)39-40-29)19-10-21(15-33-14-19)36-27(42)8-17-4-2-1-3-5-17/h1-7,9-16,41H,8H2,(H,36,42)(H,37,38)(H,39,40). The summed E-state index contributed by atoms with van der Waals surface area (Å²) >= 11 is 0. The summed E-state index contributed by atoms with van der Waals surface area (Å²) in [4.78, 5) is 33.8. The monoisotopic (exact) mass is 556 g/mol. The number of aromatic nitrogens is 7. The molecule has 5 heterocycles. The number of pyridine rings is 3. The average molecular weight is 557 g/mol. The van der Waals surface area contributed by atoms with E-state index in [0.29, 0.717) is 56.3 Å². The predicted molar refractivity (Wildman–Crippen MR) is 156 cm³/mol. The van der Waals surface area contributed by atoms with Gasteiger partial charge in [-0.1, -0.05) is 30.3 Å². The van der Waals surface area contributed by atoms with Crippen molar-refractivity contribution in [2.24, 2.45) is 0 Å². The number of fused-ring (bicyclic) bond motifs is 2. The van der Waals surface area contributed by atoms with Crippen LogP contribution in [-0.2, 0) is 11.2 Å². The highest BCUT2D eigenvalue weighted by Gasteiger charge is 2.18. The lowest BCUT2D eigenvalue weighted by Gasteiger charge is -2.07. The molecule has 0 radical (unpaired) electrons. The van der Waals surface area contributed by atoms with Crippen molar-refractivity contribution in [3.8, 4) is 39.8 Å². The summed E-state index contributed by atoms with van der Waals surface area (Å²) in [6.07, 6.45) is 6.78. The third-order valence-electron chi connectivity index (χ3n) is 6.75. The maximum Gasteiger partial charge on any atom is 0.228 e. The Bertz CT molecular complexity index is 2090. The van der Waals surface area contributed by atoms with Gasteiger partial charge in [-0.15, -0.1) is 0 Å². The molecule has 204 valence electrons. The van der Waals surface area contributed by atoms with E-state index in [9.17, 15) is 14.3 Å². The minimum Gasteiger partial charge on any atom is -0.508 e. The van der Waals surface area contributed by atoms with Gasteiger partial charge in [0.15, 0.2) is 5.82 Å². The molecule has 0 aliphatic rings. The Morgan fingerprint density at radius 2 is 1.79 bits per heavy atom. The lowest BCUT2D eigenvalue weighted by Crippen LogP contribution is -2.14. The Morgan fingerprint density at radius 1 is 0.905 bits per heavy atom. The minimum absolute atomic E-state index is 0.145. The van der Waals surface area contributed by atoms with Crippen LogP contribution in [0.25, 0.3) is 56.0 Å². The normalized spacial score (nSPS) is 11.3. The van der Waals surface area contributed by atoms with Gasteiger partial charge in [0.25, 0.3) is 0 Å². The summed E-state index contributed by atoms with van der Waals surface area (Å²) in [6.45, 7) is 0. The van der Waals surface area contributed by atoms with Crippen LogP contribution in [0.2, 0.25) is 0 Å². The highest BCUT2D eigenvalue weighted by molar-refractivity contribution is 5.97. The molecule has 0 bridgehead atoms. The van der Waals surface area contributed by atoms with Crippen molar-refractivity contribution >= 4 is 33.5 Å². The molecular formula is C31H21FN8O2. The van der Waals surface area contributed by atoms with E-state index in [1.807, 2.05) is 42.5 Å². The molecule has 0 aliphatic heterocycles. The van der Waals surface area contributed by atoms with Gasteiger partial charge in [-0.25, -0.2) is 9.37 Å². The fourth-order valence-electron chi connectivity index (χ4n) is 4.86. The number of nitrogens with one attached hydrogen (secondary N) is 3. The molecule has 2 aromatic carbocycles. The van der Waals surface area contributed by atoms with Crippen LogP contribution in [-0.4, -0.2) is 46.1 Å². The van der Waals surface area contributed by atoms with Crippen LogP contribution in [0, 0.1) is 5.82 Å². The average Bonchev–Trinajstić information content (AvgIpc) is 3.61. The van der Waals surface area contributed by atoms with Gasteiger partial charge < -0.3 is 15.4 Å². The zero-order valence-corrected chi connectivity index (χ0v) is 21.8. The molecule has 7 aromatic rings. The molecule has 0 saturated heterocycles. The molecule has 0 atom stereocenters. The quantitative estimate of drug-likeness (QED) is 0.207. The number of benzene rings is 2. The number of rotatable bonds is 6. The summed E-state index contributed by atoms with van der Waals surface area (Å²) < 4.78 is 14.0. The molecule has 42 heavy (non-hydrogen) atoms. The van der Waals surface area contributed by atoms with Crippen molar-refractivity contribution in [2.45, 2.75) is 6.42 Å². The van der Waals surface area contributed by atoms with E-state index in [2.05, 4.69) is 35.5 Å². The van der Waals surface area contributed by atoms with Crippen LogP contribution >= 0.6 is 0 Å². The number of hydrogen-bond donors (Lipinski definition) is 4. The number of aromatic hydroxyl groups is 1. The number of H-pyrrole nitrogens is 2. The van der Waals surface area contributed by atoms with E-state index in [1.165, 1.54) is 12.1 Å². The first-order valence-electron chi connectivity index (χ1n) is 13.0. The number of halogens is 1. The molecule has 0 aliphatic carbocycles. The highest BCUT2D eigenvalue weighted by Crippen LogP contribution is 2.33. The van der Waals surface area contributed by atoms with Gasteiger partial charge in [-0.3, -0.25) is 24.8 Å². The van der Waals surface area contributed by atoms with Crippen molar-refractivity contribution in [2.75, 3.05) is 5.32 Å². The molecule has 1 amide bonds. The maximum absolute atomic E-state index is 14.0. The summed E-state index contributed by atoms with van der Waals surface area (Å²) in [5, 5.41) is 21.0. The number of hydrogen-bond acceptors (Lipinski definition) is 7.